The van der Waals surface area contributed by atoms with Crippen molar-refractivity contribution in [2.24, 2.45) is 0 Å². The molecule has 0 saturated heterocycles. The fourth-order valence-electron chi connectivity index (χ4n) is 3.61. The lowest BCUT2D eigenvalue weighted by atomic mass is 10.1. The van der Waals surface area contributed by atoms with Crippen molar-refractivity contribution in [3.8, 4) is 11.4 Å². The van der Waals surface area contributed by atoms with Gasteiger partial charge in [-0.3, -0.25) is 14.2 Å². The maximum atomic E-state index is 13.9. The molecule has 0 saturated carbocycles. The number of hydrogen-bond donors (Lipinski definition) is 0. The van der Waals surface area contributed by atoms with E-state index >= 15 is 0 Å². The number of methoxy groups -OCH3 is 1. The smallest absolute Gasteiger partial charge is 0.337 e. The predicted molar refractivity (Wildman–Crippen MR) is 117 cm³/mol. The lowest BCUT2D eigenvalue weighted by Crippen LogP contribution is -2.41. The van der Waals surface area contributed by atoms with Gasteiger partial charge in [0, 0.05) is 17.7 Å². The Morgan fingerprint density at radius 3 is 2.36 bits per heavy atom. The van der Waals surface area contributed by atoms with Gasteiger partial charge in [-0.2, -0.15) is 0 Å². The fraction of sp³-hybridized carbons (Fsp3) is 0.217. The molecule has 0 aliphatic heterocycles. The molecular formula is C23H20F2N4O4. The lowest BCUT2D eigenvalue weighted by Gasteiger charge is -2.15. The van der Waals surface area contributed by atoms with Gasteiger partial charge in [-0.05, 0) is 50.2 Å². The summed E-state index contributed by atoms with van der Waals surface area (Å²) in [5.74, 6) is -1.92. The van der Waals surface area contributed by atoms with Crippen molar-refractivity contribution in [3.63, 3.8) is 0 Å². The molecule has 2 heterocycles. The number of carbonyl (C=O) groups is 1. The van der Waals surface area contributed by atoms with E-state index in [4.69, 9.17) is 4.74 Å². The molecule has 0 bridgehead atoms. The maximum absolute atomic E-state index is 13.9. The average molecular weight is 454 g/mol. The number of Topliss-reactive ketones (excluding diaryl/α,β-unsaturated/α-hetero) is 1. The first kappa shape index (κ1) is 22.1. The minimum absolute atomic E-state index is 0.00466. The van der Waals surface area contributed by atoms with Crippen molar-refractivity contribution in [2.45, 2.75) is 26.4 Å². The number of ketones is 1. The van der Waals surface area contributed by atoms with Gasteiger partial charge in [-0.1, -0.05) is 0 Å². The number of imidazole rings is 1. The lowest BCUT2D eigenvalue weighted by molar-refractivity contribution is 0.0973. The van der Waals surface area contributed by atoms with E-state index in [9.17, 15) is 23.2 Å². The van der Waals surface area contributed by atoms with Crippen LogP contribution in [0.25, 0.3) is 16.9 Å². The van der Waals surface area contributed by atoms with Crippen LogP contribution in [0.5, 0.6) is 5.75 Å². The summed E-state index contributed by atoms with van der Waals surface area (Å²) in [6.45, 7) is 3.08. The number of rotatable bonds is 6. The summed E-state index contributed by atoms with van der Waals surface area (Å²) in [6.07, 6.45) is 1.27. The largest absolute Gasteiger partial charge is 0.497 e. The second kappa shape index (κ2) is 8.45. The Bertz CT molecular complexity index is 1480. The Morgan fingerprint density at radius 2 is 1.76 bits per heavy atom. The zero-order valence-electron chi connectivity index (χ0n) is 18.1. The van der Waals surface area contributed by atoms with E-state index in [0.29, 0.717) is 11.3 Å². The number of carbonyl (C=O) groups excluding carboxylic acids is 1. The molecular weight excluding hydrogens is 434 g/mol. The summed E-state index contributed by atoms with van der Waals surface area (Å²) in [4.78, 5) is 43.3. The third-order valence-electron chi connectivity index (χ3n) is 5.25. The van der Waals surface area contributed by atoms with Crippen LogP contribution in [0, 0.1) is 11.6 Å². The molecule has 4 rings (SSSR count). The first-order valence-corrected chi connectivity index (χ1v) is 10.1. The van der Waals surface area contributed by atoms with Crippen molar-refractivity contribution in [1.82, 2.24) is 18.7 Å². The Morgan fingerprint density at radius 1 is 1.06 bits per heavy atom. The molecule has 2 aromatic heterocycles. The molecule has 0 fully saturated rings. The van der Waals surface area contributed by atoms with Crippen LogP contribution in [0.2, 0.25) is 0 Å². The van der Waals surface area contributed by atoms with Gasteiger partial charge in [-0.15, -0.1) is 0 Å². The molecule has 170 valence electrons. The number of nitrogens with zero attached hydrogens (tertiary/aromatic N) is 4. The zero-order valence-corrected chi connectivity index (χ0v) is 18.1. The van der Waals surface area contributed by atoms with Crippen LogP contribution < -0.4 is 16.0 Å². The highest BCUT2D eigenvalue weighted by Gasteiger charge is 2.22. The molecule has 0 spiro atoms. The third kappa shape index (κ3) is 3.84. The molecule has 0 N–H and O–H groups in total. The number of fused-ring (bicyclic) bond motifs is 1. The monoisotopic (exact) mass is 454 g/mol. The molecule has 10 heteroatoms. The van der Waals surface area contributed by atoms with Gasteiger partial charge in [0.05, 0.1) is 25.7 Å². The average Bonchev–Trinajstić information content (AvgIpc) is 3.19. The van der Waals surface area contributed by atoms with Crippen LogP contribution in [0.15, 0.2) is 58.4 Å². The highest BCUT2D eigenvalue weighted by Crippen LogP contribution is 2.18. The first-order valence-electron chi connectivity index (χ1n) is 10.1. The van der Waals surface area contributed by atoms with Gasteiger partial charge in [0.1, 0.15) is 5.75 Å². The second-order valence-corrected chi connectivity index (χ2v) is 7.68. The Hall–Kier alpha value is -4.08. The molecule has 0 amide bonds. The molecule has 2 aromatic carbocycles. The Balaban J connectivity index is 1.90. The van der Waals surface area contributed by atoms with Gasteiger partial charge in [0.2, 0.25) is 0 Å². The maximum Gasteiger partial charge on any atom is 0.337 e. The van der Waals surface area contributed by atoms with Crippen molar-refractivity contribution in [2.75, 3.05) is 7.11 Å². The van der Waals surface area contributed by atoms with Crippen LogP contribution >= 0.6 is 0 Å². The van der Waals surface area contributed by atoms with Gasteiger partial charge in [0.25, 0.3) is 5.56 Å². The van der Waals surface area contributed by atoms with Gasteiger partial charge in [-0.25, -0.2) is 23.1 Å². The standard InChI is InChI=1S/C23H20F2N4O4/c1-13(2)28-22(31)20-21(29(23(28)32)15-6-9-17(24)18(25)10-15)26-12-27(20)11-19(30)14-4-7-16(33-3)8-5-14/h4-10,12-13H,11H2,1-3H3. The summed E-state index contributed by atoms with van der Waals surface area (Å²) in [6, 6.07) is 8.91. The van der Waals surface area contributed by atoms with Crippen LogP contribution in [0.3, 0.4) is 0 Å². The van der Waals surface area contributed by atoms with Crippen LogP contribution in [-0.4, -0.2) is 31.6 Å². The predicted octanol–water partition coefficient (Wildman–Crippen LogP) is 3.10. The molecule has 0 aliphatic rings. The van der Waals surface area contributed by atoms with E-state index in [2.05, 4.69) is 4.98 Å². The van der Waals surface area contributed by atoms with Crippen LogP contribution in [0.1, 0.15) is 30.2 Å². The topological polar surface area (TPSA) is 88.1 Å². The molecule has 4 aromatic rings. The Labute approximate surface area is 186 Å². The van der Waals surface area contributed by atoms with E-state index in [1.807, 2.05) is 0 Å². The Kier molecular flexibility index (Phi) is 5.67. The fourth-order valence-corrected chi connectivity index (χ4v) is 3.61. The molecule has 33 heavy (non-hydrogen) atoms. The van der Waals surface area contributed by atoms with E-state index < -0.39 is 28.9 Å². The van der Waals surface area contributed by atoms with E-state index in [1.165, 1.54) is 24.1 Å². The van der Waals surface area contributed by atoms with E-state index in [-0.39, 0.29) is 29.2 Å². The van der Waals surface area contributed by atoms with Gasteiger partial charge >= 0.3 is 5.69 Å². The summed E-state index contributed by atoms with van der Waals surface area (Å²) in [5, 5.41) is 0. The number of ether oxygens (including phenoxy) is 1. The molecule has 0 aliphatic carbocycles. The second-order valence-electron chi connectivity index (χ2n) is 7.68. The first-order chi connectivity index (χ1) is 15.7. The van der Waals surface area contributed by atoms with E-state index in [1.54, 1.807) is 38.1 Å². The van der Waals surface area contributed by atoms with Gasteiger partial charge in [0.15, 0.2) is 28.6 Å². The van der Waals surface area contributed by atoms with Crippen molar-refractivity contribution in [3.05, 3.63) is 86.8 Å². The van der Waals surface area contributed by atoms with Gasteiger partial charge < -0.3 is 9.30 Å². The zero-order chi connectivity index (χ0) is 23.9. The highest BCUT2D eigenvalue weighted by molar-refractivity contribution is 5.96. The number of benzene rings is 2. The number of hydrogen-bond acceptors (Lipinski definition) is 5. The highest BCUT2D eigenvalue weighted by atomic mass is 19.2. The third-order valence-corrected chi connectivity index (χ3v) is 5.25. The number of halogens is 2. The van der Waals surface area contributed by atoms with E-state index in [0.717, 1.165) is 21.3 Å². The summed E-state index contributed by atoms with van der Waals surface area (Å²) in [5.41, 5.74) is -1.05. The summed E-state index contributed by atoms with van der Waals surface area (Å²) >= 11 is 0. The molecule has 0 atom stereocenters. The quantitative estimate of drug-likeness (QED) is 0.418. The SMILES string of the molecule is COc1ccc(C(=O)Cn2cnc3c2c(=O)n(C(C)C)c(=O)n3-c2ccc(F)c(F)c2)cc1. The molecule has 8 nitrogen and oxygen atoms in total. The summed E-state index contributed by atoms with van der Waals surface area (Å²) < 4.78 is 35.9. The van der Waals surface area contributed by atoms with Crippen molar-refractivity contribution < 1.29 is 18.3 Å². The minimum Gasteiger partial charge on any atom is -0.497 e. The normalized spacial score (nSPS) is 11.3. The van der Waals surface area contributed by atoms with Crippen molar-refractivity contribution >= 4 is 16.9 Å². The molecule has 0 unspecified atom stereocenters. The van der Waals surface area contributed by atoms with Crippen molar-refractivity contribution in [1.29, 1.82) is 0 Å². The van der Waals surface area contributed by atoms with Crippen LogP contribution in [0.4, 0.5) is 8.78 Å². The molecule has 0 radical (unpaired) electrons. The summed E-state index contributed by atoms with van der Waals surface area (Å²) in [7, 11) is 1.51. The number of aromatic nitrogens is 4. The van der Waals surface area contributed by atoms with Crippen LogP contribution in [-0.2, 0) is 6.54 Å². The minimum atomic E-state index is -1.15.